The normalized spacial score (nSPS) is 10.8. The third kappa shape index (κ3) is 4.34. The summed E-state index contributed by atoms with van der Waals surface area (Å²) in [6.45, 7) is 0.981. The van der Waals surface area contributed by atoms with Gasteiger partial charge in [0.1, 0.15) is 6.54 Å². The topological polar surface area (TPSA) is 73.2 Å². The van der Waals surface area contributed by atoms with Crippen molar-refractivity contribution in [3.05, 3.63) is 65.0 Å². The van der Waals surface area contributed by atoms with Gasteiger partial charge in [0.2, 0.25) is 5.91 Å². The van der Waals surface area contributed by atoms with Crippen molar-refractivity contribution < 1.29 is 9.53 Å². The van der Waals surface area contributed by atoms with Crippen LogP contribution in [0, 0.1) is 0 Å². The smallest absolute Gasteiger partial charge is 0.267 e. The first-order chi connectivity index (χ1) is 12.7. The zero-order valence-corrected chi connectivity index (χ0v) is 14.6. The quantitative estimate of drug-likeness (QED) is 0.663. The Kier molecular flexibility index (Phi) is 5.76. The lowest BCUT2D eigenvalue weighted by molar-refractivity contribution is -0.121. The van der Waals surface area contributed by atoms with Crippen LogP contribution in [0.1, 0.15) is 6.42 Å². The van der Waals surface area contributed by atoms with Crippen molar-refractivity contribution in [3.63, 3.8) is 0 Å². The first-order valence-electron chi connectivity index (χ1n) is 8.50. The monoisotopic (exact) mass is 351 g/mol. The second kappa shape index (κ2) is 8.40. The van der Waals surface area contributed by atoms with Gasteiger partial charge < -0.3 is 10.1 Å². The minimum absolute atomic E-state index is 0.104. The van der Waals surface area contributed by atoms with Crippen LogP contribution in [0.4, 0.5) is 0 Å². The SMILES string of the molecule is COCCCNC(=O)Cn1nc(-c2ccc3ccccc3c2)ccc1=O. The van der Waals surface area contributed by atoms with Gasteiger partial charge in [0.15, 0.2) is 0 Å². The largest absolute Gasteiger partial charge is 0.385 e. The molecular formula is C20H21N3O3. The molecule has 0 radical (unpaired) electrons. The molecule has 0 unspecified atom stereocenters. The molecule has 0 fully saturated rings. The summed E-state index contributed by atoms with van der Waals surface area (Å²) < 4.78 is 6.13. The number of nitrogens with one attached hydrogen (secondary N) is 1. The Morgan fingerprint density at radius 2 is 1.92 bits per heavy atom. The molecule has 0 spiro atoms. The number of fused-ring (bicyclic) bond motifs is 1. The van der Waals surface area contributed by atoms with E-state index in [1.807, 2.05) is 42.5 Å². The number of hydrogen-bond acceptors (Lipinski definition) is 4. The molecule has 134 valence electrons. The maximum absolute atomic E-state index is 12.0. The third-order valence-electron chi connectivity index (χ3n) is 4.05. The van der Waals surface area contributed by atoms with Crippen LogP contribution in [-0.2, 0) is 16.1 Å². The molecule has 1 N–H and O–H groups in total. The summed E-state index contributed by atoms with van der Waals surface area (Å²) >= 11 is 0. The maximum atomic E-state index is 12.0. The zero-order chi connectivity index (χ0) is 18.4. The van der Waals surface area contributed by atoms with Crippen LogP contribution < -0.4 is 10.9 Å². The van der Waals surface area contributed by atoms with Gasteiger partial charge >= 0.3 is 0 Å². The highest BCUT2D eigenvalue weighted by Crippen LogP contribution is 2.22. The van der Waals surface area contributed by atoms with E-state index in [2.05, 4.69) is 10.4 Å². The van der Waals surface area contributed by atoms with E-state index < -0.39 is 0 Å². The molecule has 3 rings (SSSR count). The summed E-state index contributed by atoms with van der Waals surface area (Å²) in [5.74, 6) is -0.244. The fourth-order valence-electron chi connectivity index (χ4n) is 2.70. The molecule has 3 aromatic rings. The molecule has 0 bridgehead atoms. The average Bonchev–Trinajstić information content (AvgIpc) is 2.66. The number of carbonyl (C=O) groups is 1. The standard InChI is InChI=1S/C20H21N3O3/c1-26-12-4-11-21-19(24)14-23-20(25)10-9-18(22-23)17-8-7-15-5-2-3-6-16(15)13-17/h2-3,5-10,13H,4,11-12,14H2,1H3,(H,21,24). The molecule has 6 heteroatoms. The fraction of sp³-hybridized carbons (Fsp3) is 0.250. The Hall–Kier alpha value is -2.99. The van der Waals surface area contributed by atoms with Gasteiger partial charge in [-0.2, -0.15) is 5.10 Å². The second-order valence-electron chi connectivity index (χ2n) is 5.97. The van der Waals surface area contributed by atoms with Crippen molar-refractivity contribution >= 4 is 16.7 Å². The van der Waals surface area contributed by atoms with Crippen LogP contribution >= 0.6 is 0 Å². The van der Waals surface area contributed by atoms with Gasteiger partial charge in [-0.05, 0) is 29.3 Å². The molecule has 0 aliphatic heterocycles. The molecule has 1 aromatic heterocycles. The predicted molar refractivity (Wildman–Crippen MR) is 101 cm³/mol. The highest BCUT2D eigenvalue weighted by atomic mass is 16.5. The van der Waals surface area contributed by atoms with Gasteiger partial charge in [0.05, 0.1) is 5.69 Å². The molecule has 0 atom stereocenters. The van der Waals surface area contributed by atoms with Gasteiger partial charge in [-0.3, -0.25) is 9.59 Å². The lowest BCUT2D eigenvalue weighted by Crippen LogP contribution is -2.34. The average molecular weight is 351 g/mol. The Morgan fingerprint density at radius 3 is 2.73 bits per heavy atom. The fourth-order valence-corrected chi connectivity index (χ4v) is 2.70. The molecule has 1 heterocycles. The number of nitrogens with zero attached hydrogens (tertiary/aromatic N) is 2. The Bertz CT molecular complexity index is 966. The predicted octanol–water partition coefficient (Wildman–Crippen LogP) is 2.22. The minimum atomic E-state index is -0.304. The molecular weight excluding hydrogens is 330 g/mol. The van der Waals surface area contributed by atoms with E-state index in [4.69, 9.17) is 4.74 Å². The van der Waals surface area contributed by atoms with Gasteiger partial charge in [0, 0.05) is 31.9 Å². The number of carbonyl (C=O) groups excluding carboxylic acids is 1. The molecule has 26 heavy (non-hydrogen) atoms. The number of amides is 1. The van der Waals surface area contributed by atoms with E-state index in [-0.39, 0.29) is 18.0 Å². The van der Waals surface area contributed by atoms with Crippen molar-refractivity contribution in [3.8, 4) is 11.3 Å². The van der Waals surface area contributed by atoms with Gasteiger partial charge in [-0.15, -0.1) is 0 Å². The van der Waals surface area contributed by atoms with Crippen molar-refractivity contribution in [2.45, 2.75) is 13.0 Å². The lowest BCUT2D eigenvalue weighted by Gasteiger charge is -2.09. The summed E-state index contributed by atoms with van der Waals surface area (Å²) in [7, 11) is 1.61. The van der Waals surface area contributed by atoms with Crippen molar-refractivity contribution in [1.82, 2.24) is 15.1 Å². The molecule has 1 amide bonds. The molecule has 2 aromatic carbocycles. The number of hydrogen-bond donors (Lipinski definition) is 1. The van der Waals surface area contributed by atoms with Crippen LogP contribution in [0.25, 0.3) is 22.0 Å². The van der Waals surface area contributed by atoms with E-state index in [0.717, 1.165) is 22.8 Å². The van der Waals surface area contributed by atoms with Crippen LogP contribution in [0.15, 0.2) is 59.4 Å². The highest BCUT2D eigenvalue weighted by Gasteiger charge is 2.08. The first-order valence-corrected chi connectivity index (χ1v) is 8.50. The molecule has 0 saturated heterocycles. The Morgan fingerprint density at radius 1 is 1.12 bits per heavy atom. The van der Waals surface area contributed by atoms with Gasteiger partial charge in [-0.25, -0.2) is 4.68 Å². The Labute approximate surface area is 151 Å². The minimum Gasteiger partial charge on any atom is -0.385 e. The highest BCUT2D eigenvalue weighted by molar-refractivity contribution is 5.86. The summed E-state index contributed by atoms with van der Waals surface area (Å²) in [4.78, 5) is 24.0. The van der Waals surface area contributed by atoms with E-state index in [1.165, 1.54) is 10.7 Å². The van der Waals surface area contributed by atoms with Gasteiger partial charge in [0.25, 0.3) is 5.56 Å². The molecule has 0 aliphatic rings. The van der Waals surface area contributed by atoms with E-state index in [9.17, 15) is 9.59 Å². The van der Waals surface area contributed by atoms with E-state index in [1.54, 1.807) is 13.2 Å². The van der Waals surface area contributed by atoms with Crippen LogP contribution in [0.5, 0.6) is 0 Å². The van der Waals surface area contributed by atoms with Crippen LogP contribution in [0.3, 0.4) is 0 Å². The Balaban J connectivity index is 1.78. The van der Waals surface area contributed by atoms with Crippen LogP contribution in [0.2, 0.25) is 0 Å². The van der Waals surface area contributed by atoms with Gasteiger partial charge in [-0.1, -0.05) is 36.4 Å². The number of aromatic nitrogens is 2. The molecule has 0 saturated carbocycles. The zero-order valence-electron chi connectivity index (χ0n) is 14.6. The summed E-state index contributed by atoms with van der Waals surface area (Å²) in [5, 5.41) is 9.35. The molecule has 0 aliphatic carbocycles. The number of benzene rings is 2. The molecule has 6 nitrogen and oxygen atoms in total. The van der Waals surface area contributed by atoms with E-state index in [0.29, 0.717) is 18.8 Å². The first kappa shape index (κ1) is 17.8. The maximum Gasteiger partial charge on any atom is 0.267 e. The van der Waals surface area contributed by atoms with Crippen molar-refractivity contribution in [1.29, 1.82) is 0 Å². The van der Waals surface area contributed by atoms with Crippen molar-refractivity contribution in [2.75, 3.05) is 20.3 Å². The van der Waals surface area contributed by atoms with Crippen LogP contribution in [-0.4, -0.2) is 35.9 Å². The number of methoxy groups -OCH3 is 1. The summed E-state index contributed by atoms with van der Waals surface area (Å²) in [5.41, 5.74) is 1.25. The second-order valence-corrected chi connectivity index (χ2v) is 5.97. The van der Waals surface area contributed by atoms with Crippen molar-refractivity contribution in [2.24, 2.45) is 0 Å². The lowest BCUT2D eigenvalue weighted by atomic mass is 10.1. The third-order valence-corrected chi connectivity index (χ3v) is 4.05. The summed E-state index contributed by atoms with van der Waals surface area (Å²) in [6, 6.07) is 17.2. The number of rotatable bonds is 7. The number of ether oxygens (including phenoxy) is 1. The summed E-state index contributed by atoms with van der Waals surface area (Å²) in [6.07, 6.45) is 0.724. The van der Waals surface area contributed by atoms with E-state index >= 15 is 0 Å².